The highest BCUT2D eigenvalue weighted by molar-refractivity contribution is 5.85. The maximum Gasteiger partial charge on any atom is 0.224 e. The number of amides is 1. The largest absolute Gasteiger partial charge is 0.349 e. The number of hydrogen-bond donors (Lipinski definition) is 2. The first-order valence-electron chi connectivity index (χ1n) is 5.03. The number of nitrogens with one attached hydrogen (secondary N) is 1. The maximum atomic E-state index is 11.5. The van der Waals surface area contributed by atoms with Crippen molar-refractivity contribution in [2.24, 2.45) is 18.7 Å². The topological polar surface area (TPSA) is 72.9 Å². The van der Waals surface area contributed by atoms with Crippen molar-refractivity contribution in [3.63, 3.8) is 0 Å². The molecule has 0 radical (unpaired) electrons. The molecule has 2 unspecified atom stereocenters. The van der Waals surface area contributed by atoms with Crippen LogP contribution in [0.5, 0.6) is 0 Å². The van der Waals surface area contributed by atoms with Crippen molar-refractivity contribution >= 4 is 18.3 Å². The third-order valence-electron chi connectivity index (χ3n) is 2.38. The standard InChI is InChI=1S/C10H18N4O.ClH/c1-7(4-11)10(15)13-8(2)9-5-12-14(3)6-9;/h5-8H,4,11H2,1-3H3,(H,13,15);1H. The van der Waals surface area contributed by atoms with Crippen LogP contribution in [0.3, 0.4) is 0 Å². The van der Waals surface area contributed by atoms with Gasteiger partial charge in [-0.25, -0.2) is 0 Å². The number of nitrogens with two attached hydrogens (primary N) is 1. The van der Waals surface area contributed by atoms with Gasteiger partial charge in [-0.3, -0.25) is 9.48 Å². The lowest BCUT2D eigenvalue weighted by Crippen LogP contribution is -2.34. The molecular formula is C10H19ClN4O. The summed E-state index contributed by atoms with van der Waals surface area (Å²) >= 11 is 0. The van der Waals surface area contributed by atoms with Gasteiger partial charge in [0.05, 0.1) is 12.2 Å². The normalized spacial score (nSPS) is 13.8. The molecule has 0 fully saturated rings. The first-order valence-corrected chi connectivity index (χ1v) is 5.03. The molecule has 0 saturated carbocycles. The van der Waals surface area contributed by atoms with Crippen molar-refractivity contribution in [3.05, 3.63) is 18.0 Å². The van der Waals surface area contributed by atoms with Gasteiger partial charge in [-0.2, -0.15) is 5.10 Å². The number of nitrogens with zero attached hydrogens (tertiary/aromatic N) is 2. The Kier molecular flexibility index (Phi) is 6.06. The lowest BCUT2D eigenvalue weighted by Gasteiger charge is -2.15. The zero-order valence-corrected chi connectivity index (χ0v) is 10.6. The molecule has 1 rings (SSSR count). The SMILES string of the molecule is CC(CN)C(=O)NC(C)c1cnn(C)c1.Cl. The number of carbonyl (C=O) groups is 1. The molecule has 0 aliphatic carbocycles. The highest BCUT2D eigenvalue weighted by Gasteiger charge is 2.15. The molecule has 92 valence electrons. The van der Waals surface area contributed by atoms with Crippen LogP contribution < -0.4 is 11.1 Å². The summed E-state index contributed by atoms with van der Waals surface area (Å²) in [5.41, 5.74) is 6.41. The molecule has 1 heterocycles. The van der Waals surface area contributed by atoms with E-state index in [1.165, 1.54) is 0 Å². The third-order valence-corrected chi connectivity index (χ3v) is 2.38. The molecule has 2 atom stereocenters. The minimum atomic E-state index is -0.149. The second kappa shape index (κ2) is 6.50. The summed E-state index contributed by atoms with van der Waals surface area (Å²) < 4.78 is 1.71. The predicted octanol–water partition coefficient (Wildman–Crippen LogP) is 0.614. The second-order valence-corrected chi connectivity index (χ2v) is 3.81. The first kappa shape index (κ1) is 14.9. The van der Waals surface area contributed by atoms with Gasteiger partial charge in [0.25, 0.3) is 0 Å². The molecule has 0 saturated heterocycles. The number of rotatable bonds is 4. The van der Waals surface area contributed by atoms with E-state index in [0.717, 1.165) is 5.56 Å². The average molecular weight is 247 g/mol. The van der Waals surface area contributed by atoms with E-state index in [2.05, 4.69) is 10.4 Å². The molecule has 1 amide bonds. The van der Waals surface area contributed by atoms with E-state index in [9.17, 15) is 4.79 Å². The molecule has 3 N–H and O–H groups in total. The fraction of sp³-hybridized carbons (Fsp3) is 0.600. The Morgan fingerprint density at radius 1 is 1.62 bits per heavy atom. The monoisotopic (exact) mass is 246 g/mol. The zero-order chi connectivity index (χ0) is 11.4. The highest BCUT2D eigenvalue weighted by atomic mass is 35.5. The lowest BCUT2D eigenvalue weighted by atomic mass is 10.1. The van der Waals surface area contributed by atoms with Gasteiger partial charge in [-0.1, -0.05) is 6.92 Å². The smallest absolute Gasteiger partial charge is 0.224 e. The second-order valence-electron chi connectivity index (χ2n) is 3.81. The van der Waals surface area contributed by atoms with Crippen LogP contribution in [-0.4, -0.2) is 22.2 Å². The van der Waals surface area contributed by atoms with Crippen LogP contribution in [0, 0.1) is 5.92 Å². The van der Waals surface area contributed by atoms with Crippen molar-refractivity contribution in [1.82, 2.24) is 15.1 Å². The number of carbonyl (C=O) groups excluding carboxylic acids is 1. The van der Waals surface area contributed by atoms with Crippen LogP contribution in [0.1, 0.15) is 25.5 Å². The summed E-state index contributed by atoms with van der Waals surface area (Å²) in [5, 5.41) is 6.94. The molecule has 1 aromatic heterocycles. The Hall–Kier alpha value is -1.07. The van der Waals surface area contributed by atoms with Crippen molar-refractivity contribution < 1.29 is 4.79 Å². The van der Waals surface area contributed by atoms with Crippen LogP contribution in [0.15, 0.2) is 12.4 Å². The fourth-order valence-electron chi connectivity index (χ4n) is 1.21. The van der Waals surface area contributed by atoms with E-state index in [1.54, 1.807) is 10.9 Å². The van der Waals surface area contributed by atoms with Gasteiger partial charge in [0, 0.05) is 31.3 Å². The summed E-state index contributed by atoms with van der Waals surface area (Å²) in [6, 6.07) is -0.0276. The van der Waals surface area contributed by atoms with Gasteiger partial charge < -0.3 is 11.1 Å². The van der Waals surface area contributed by atoms with Gasteiger partial charge in [-0.05, 0) is 6.92 Å². The van der Waals surface area contributed by atoms with Crippen LogP contribution in [0.4, 0.5) is 0 Å². The van der Waals surface area contributed by atoms with E-state index in [4.69, 9.17) is 5.73 Å². The van der Waals surface area contributed by atoms with Gasteiger partial charge in [-0.15, -0.1) is 12.4 Å². The van der Waals surface area contributed by atoms with Crippen LogP contribution >= 0.6 is 12.4 Å². The Labute approximate surface area is 102 Å². The molecule has 5 nitrogen and oxygen atoms in total. The molecular weight excluding hydrogens is 228 g/mol. The summed E-state index contributed by atoms with van der Waals surface area (Å²) in [7, 11) is 1.85. The quantitative estimate of drug-likeness (QED) is 0.818. The summed E-state index contributed by atoms with van der Waals surface area (Å²) in [6.45, 7) is 4.11. The minimum absolute atomic E-state index is 0. The van der Waals surface area contributed by atoms with E-state index >= 15 is 0 Å². The van der Waals surface area contributed by atoms with Crippen molar-refractivity contribution in [1.29, 1.82) is 0 Å². The van der Waals surface area contributed by atoms with E-state index in [1.807, 2.05) is 27.1 Å². The lowest BCUT2D eigenvalue weighted by molar-refractivity contribution is -0.124. The number of halogens is 1. The highest BCUT2D eigenvalue weighted by Crippen LogP contribution is 2.10. The molecule has 0 bridgehead atoms. The zero-order valence-electron chi connectivity index (χ0n) is 9.80. The Morgan fingerprint density at radius 3 is 2.69 bits per heavy atom. The van der Waals surface area contributed by atoms with E-state index in [-0.39, 0.29) is 30.3 Å². The van der Waals surface area contributed by atoms with Crippen molar-refractivity contribution in [2.45, 2.75) is 19.9 Å². The van der Waals surface area contributed by atoms with Crippen molar-refractivity contribution in [3.8, 4) is 0 Å². The minimum Gasteiger partial charge on any atom is -0.349 e. The fourth-order valence-corrected chi connectivity index (χ4v) is 1.21. The average Bonchev–Trinajstić information content (AvgIpc) is 2.63. The van der Waals surface area contributed by atoms with Gasteiger partial charge in [0.15, 0.2) is 0 Å². The van der Waals surface area contributed by atoms with Gasteiger partial charge in [0.1, 0.15) is 0 Å². The molecule has 6 heteroatoms. The molecule has 0 spiro atoms. The van der Waals surface area contributed by atoms with Gasteiger partial charge in [0.2, 0.25) is 5.91 Å². The Morgan fingerprint density at radius 2 is 2.25 bits per heavy atom. The van der Waals surface area contributed by atoms with Crippen LogP contribution in [0.25, 0.3) is 0 Å². The number of hydrogen-bond acceptors (Lipinski definition) is 3. The number of aromatic nitrogens is 2. The van der Waals surface area contributed by atoms with E-state index < -0.39 is 0 Å². The van der Waals surface area contributed by atoms with Crippen LogP contribution in [0.2, 0.25) is 0 Å². The summed E-state index contributed by atoms with van der Waals surface area (Å²) in [5.74, 6) is -0.169. The first-order chi connectivity index (χ1) is 7.04. The molecule has 0 aliphatic rings. The number of aryl methyl sites for hydroxylation is 1. The van der Waals surface area contributed by atoms with Crippen molar-refractivity contribution in [2.75, 3.05) is 6.54 Å². The third kappa shape index (κ3) is 3.83. The molecule has 0 aromatic carbocycles. The summed E-state index contributed by atoms with van der Waals surface area (Å²) in [4.78, 5) is 11.5. The predicted molar refractivity (Wildman–Crippen MR) is 65.2 cm³/mol. The van der Waals surface area contributed by atoms with E-state index in [0.29, 0.717) is 6.54 Å². The molecule has 1 aromatic rings. The molecule has 0 aliphatic heterocycles. The van der Waals surface area contributed by atoms with Gasteiger partial charge >= 0.3 is 0 Å². The summed E-state index contributed by atoms with van der Waals surface area (Å²) in [6.07, 6.45) is 3.64. The Balaban J connectivity index is 0.00000225. The maximum absolute atomic E-state index is 11.5. The Bertz CT molecular complexity index is 339. The molecule has 16 heavy (non-hydrogen) atoms. The van der Waals surface area contributed by atoms with Crippen LogP contribution in [-0.2, 0) is 11.8 Å².